The van der Waals surface area contributed by atoms with E-state index >= 15 is 0 Å². The molecular weight excluding hydrogens is 661 g/mol. The summed E-state index contributed by atoms with van der Waals surface area (Å²) in [7, 11) is 0. The van der Waals surface area contributed by atoms with Gasteiger partial charge in [-0.2, -0.15) is 0 Å². The number of thiazole rings is 2. The number of amides is 2. The van der Waals surface area contributed by atoms with E-state index in [1.807, 2.05) is 46.2 Å². The first-order valence-corrected chi connectivity index (χ1v) is 19.7. The number of benzene rings is 2. The van der Waals surface area contributed by atoms with Gasteiger partial charge in [-0.3, -0.25) is 9.59 Å². The number of aryl methyl sites for hydroxylation is 2. The lowest BCUT2D eigenvalue weighted by atomic mass is 9.93. The summed E-state index contributed by atoms with van der Waals surface area (Å²) in [5.41, 5.74) is 4.93. The Kier molecular flexibility index (Phi) is 12.7. The summed E-state index contributed by atoms with van der Waals surface area (Å²) >= 11 is 3.42. The fourth-order valence-corrected chi connectivity index (χ4v) is 8.12. The Morgan fingerprint density at radius 2 is 0.900 bits per heavy atom. The van der Waals surface area contributed by atoms with E-state index in [4.69, 9.17) is 9.97 Å². The molecule has 2 saturated heterocycles. The van der Waals surface area contributed by atoms with Crippen molar-refractivity contribution in [3.05, 3.63) is 93.9 Å². The molecule has 0 spiro atoms. The molecule has 2 fully saturated rings. The average Bonchev–Trinajstić information content (AvgIpc) is 3.83. The van der Waals surface area contributed by atoms with Crippen molar-refractivity contribution in [3.63, 3.8) is 0 Å². The van der Waals surface area contributed by atoms with Crippen molar-refractivity contribution in [1.82, 2.24) is 19.8 Å². The molecule has 8 nitrogen and oxygen atoms in total. The first-order valence-electron chi connectivity index (χ1n) is 17.9. The number of rotatable bonds is 8. The molecule has 0 radical (unpaired) electrons. The molecule has 4 aromatic rings. The molecule has 50 heavy (non-hydrogen) atoms. The minimum absolute atomic E-state index is 0.0873. The summed E-state index contributed by atoms with van der Waals surface area (Å²) in [5, 5.41) is 6.49. The molecule has 0 saturated carbocycles. The molecule has 2 aromatic carbocycles. The maximum atomic E-state index is 12.4. The molecule has 4 heterocycles. The molecule has 6 rings (SSSR count). The Morgan fingerprint density at radius 3 is 1.20 bits per heavy atom. The standard InChI is InChI=1S/2C20H27N3OS/c2*1-20(2,3)17-15-25-19(21-17)23-13-11-22(12-14-23)18(24)10-9-16-7-5-4-6-8-16/h2*4-8,15H,9-14H2,1-3H3. The lowest BCUT2D eigenvalue weighted by Gasteiger charge is -2.34. The van der Waals surface area contributed by atoms with E-state index in [1.54, 1.807) is 22.7 Å². The predicted octanol–water partition coefficient (Wildman–Crippen LogP) is 7.44. The molecule has 268 valence electrons. The molecule has 0 unspecified atom stereocenters. The lowest BCUT2D eigenvalue weighted by Crippen LogP contribution is -2.48. The predicted molar refractivity (Wildman–Crippen MR) is 209 cm³/mol. The highest BCUT2D eigenvalue weighted by Gasteiger charge is 2.26. The van der Waals surface area contributed by atoms with Crippen LogP contribution in [0.2, 0.25) is 0 Å². The summed E-state index contributed by atoms with van der Waals surface area (Å²) < 4.78 is 0. The van der Waals surface area contributed by atoms with Crippen LogP contribution >= 0.6 is 22.7 Å². The van der Waals surface area contributed by atoms with Crippen molar-refractivity contribution in [2.45, 2.75) is 78.1 Å². The number of carbonyl (C=O) groups excluding carboxylic acids is 2. The zero-order chi connectivity index (χ0) is 35.7. The molecule has 0 bridgehead atoms. The Balaban J connectivity index is 0.000000194. The number of piperazine rings is 2. The molecule has 0 aliphatic carbocycles. The van der Waals surface area contributed by atoms with Crippen molar-refractivity contribution >= 4 is 44.8 Å². The number of carbonyl (C=O) groups is 2. The Bertz CT molecular complexity index is 1520. The second-order valence-corrected chi connectivity index (χ2v) is 16.9. The maximum absolute atomic E-state index is 12.4. The van der Waals surface area contributed by atoms with Crippen LogP contribution in [0.5, 0.6) is 0 Å². The van der Waals surface area contributed by atoms with Crippen LogP contribution in [0.25, 0.3) is 0 Å². The molecule has 10 heteroatoms. The normalized spacial score (nSPS) is 15.5. The zero-order valence-corrected chi connectivity index (χ0v) is 32.4. The van der Waals surface area contributed by atoms with Crippen molar-refractivity contribution in [2.75, 3.05) is 62.2 Å². The van der Waals surface area contributed by atoms with Gasteiger partial charge < -0.3 is 19.6 Å². The third kappa shape index (κ3) is 10.6. The average molecular weight is 715 g/mol. The maximum Gasteiger partial charge on any atom is 0.223 e. The number of anilines is 2. The van der Waals surface area contributed by atoms with Crippen LogP contribution in [0.1, 0.15) is 76.9 Å². The third-order valence-electron chi connectivity index (χ3n) is 9.27. The van der Waals surface area contributed by atoms with Gasteiger partial charge in [0.05, 0.1) is 11.4 Å². The summed E-state index contributed by atoms with van der Waals surface area (Å²) in [6, 6.07) is 20.5. The van der Waals surface area contributed by atoms with Crippen molar-refractivity contribution in [3.8, 4) is 0 Å². The van der Waals surface area contributed by atoms with Crippen molar-refractivity contribution in [1.29, 1.82) is 0 Å². The Hall–Kier alpha value is -3.76. The number of aromatic nitrogens is 2. The van der Waals surface area contributed by atoms with E-state index in [1.165, 1.54) is 11.1 Å². The highest BCUT2D eigenvalue weighted by molar-refractivity contribution is 7.14. The van der Waals surface area contributed by atoms with Crippen LogP contribution in [-0.2, 0) is 33.3 Å². The van der Waals surface area contributed by atoms with Gasteiger partial charge in [-0.15, -0.1) is 22.7 Å². The van der Waals surface area contributed by atoms with Gasteiger partial charge in [0, 0.05) is 86.8 Å². The van der Waals surface area contributed by atoms with Gasteiger partial charge >= 0.3 is 0 Å². The summed E-state index contributed by atoms with van der Waals surface area (Å²) in [6.07, 6.45) is 2.83. The van der Waals surface area contributed by atoms with Gasteiger partial charge in [0.1, 0.15) is 0 Å². The largest absolute Gasteiger partial charge is 0.345 e. The van der Waals surface area contributed by atoms with Gasteiger partial charge in [-0.05, 0) is 24.0 Å². The highest BCUT2D eigenvalue weighted by Crippen LogP contribution is 2.30. The van der Waals surface area contributed by atoms with Crippen LogP contribution in [-0.4, -0.2) is 83.9 Å². The van der Waals surface area contributed by atoms with Crippen LogP contribution < -0.4 is 9.80 Å². The van der Waals surface area contributed by atoms with Crippen LogP contribution in [0.15, 0.2) is 71.4 Å². The van der Waals surface area contributed by atoms with Gasteiger partial charge in [0.25, 0.3) is 0 Å². The summed E-state index contributed by atoms with van der Waals surface area (Å²) in [4.78, 5) is 43.1. The minimum atomic E-state index is 0.0873. The number of nitrogens with zero attached hydrogens (tertiary/aromatic N) is 6. The Morgan fingerprint density at radius 1 is 0.560 bits per heavy atom. The summed E-state index contributed by atoms with van der Waals surface area (Å²) in [5.74, 6) is 0.524. The van der Waals surface area contributed by atoms with Crippen LogP contribution in [0.3, 0.4) is 0 Å². The van der Waals surface area contributed by atoms with Crippen LogP contribution in [0, 0.1) is 0 Å². The van der Waals surface area contributed by atoms with E-state index in [2.05, 4.69) is 86.4 Å². The molecule has 0 atom stereocenters. The van der Waals surface area contributed by atoms with Gasteiger partial charge in [0.15, 0.2) is 10.3 Å². The number of hydrogen-bond acceptors (Lipinski definition) is 8. The van der Waals surface area contributed by atoms with Gasteiger partial charge in [0.2, 0.25) is 11.8 Å². The third-order valence-corrected chi connectivity index (χ3v) is 11.1. The first kappa shape index (κ1) is 37.5. The first-order chi connectivity index (χ1) is 23.9. The van der Waals surface area contributed by atoms with Gasteiger partial charge in [-0.25, -0.2) is 9.97 Å². The molecule has 2 aliphatic heterocycles. The molecule has 2 aliphatic rings. The topological polar surface area (TPSA) is 72.9 Å². The molecular formula is C40H54N6O2S2. The smallest absolute Gasteiger partial charge is 0.223 e. The monoisotopic (exact) mass is 714 g/mol. The number of hydrogen-bond donors (Lipinski definition) is 0. The summed E-state index contributed by atoms with van der Waals surface area (Å²) in [6.45, 7) is 19.8. The van der Waals surface area contributed by atoms with E-state index in [0.717, 1.165) is 86.9 Å². The fourth-order valence-electron chi connectivity index (χ4n) is 5.91. The van der Waals surface area contributed by atoms with E-state index in [9.17, 15) is 9.59 Å². The SMILES string of the molecule is CC(C)(C)c1csc(N2CCN(C(=O)CCc3ccccc3)CC2)n1.CC(C)(C)c1csc(N2CCN(C(=O)CCc3ccccc3)CC2)n1. The van der Waals surface area contributed by atoms with E-state index in [0.29, 0.717) is 12.8 Å². The van der Waals surface area contributed by atoms with E-state index in [-0.39, 0.29) is 22.6 Å². The van der Waals surface area contributed by atoms with Gasteiger partial charge in [-0.1, -0.05) is 102 Å². The van der Waals surface area contributed by atoms with Crippen molar-refractivity contribution in [2.24, 2.45) is 0 Å². The highest BCUT2D eigenvalue weighted by atomic mass is 32.1. The Labute approximate surface area is 307 Å². The zero-order valence-electron chi connectivity index (χ0n) is 30.7. The van der Waals surface area contributed by atoms with E-state index < -0.39 is 0 Å². The molecule has 2 amide bonds. The fraction of sp³-hybridized carbons (Fsp3) is 0.500. The molecule has 0 N–H and O–H groups in total. The second kappa shape index (κ2) is 17.0. The van der Waals surface area contributed by atoms with Crippen LogP contribution in [0.4, 0.5) is 10.3 Å². The molecule has 2 aromatic heterocycles. The second-order valence-electron chi connectivity index (χ2n) is 15.2. The van der Waals surface area contributed by atoms with Crippen molar-refractivity contribution < 1.29 is 9.59 Å². The minimum Gasteiger partial charge on any atom is -0.345 e. The quantitative estimate of drug-likeness (QED) is 0.189. The lowest BCUT2D eigenvalue weighted by molar-refractivity contribution is -0.132.